The molecule has 2 aromatic carbocycles. The minimum Gasteiger partial charge on any atom is -0.377 e. The van der Waals surface area contributed by atoms with E-state index in [1.165, 1.54) is 41.0 Å². The maximum Gasteiger partial charge on any atom is 0.236 e. The molecule has 172 valence electrons. The topological polar surface area (TPSA) is 44.4 Å². The summed E-state index contributed by atoms with van der Waals surface area (Å²) in [6.45, 7) is 7.93. The first kappa shape index (κ1) is 23.2. The summed E-state index contributed by atoms with van der Waals surface area (Å²) < 4.78 is 0. The first-order valence-electron chi connectivity index (χ1n) is 12.3. The maximum atomic E-state index is 14.0. The molecule has 3 unspecified atom stereocenters. The van der Waals surface area contributed by atoms with Gasteiger partial charge in [-0.25, -0.2) is 0 Å². The summed E-state index contributed by atoms with van der Waals surface area (Å²) >= 11 is 1.77. The van der Waals surface area contributed by atoms with Crippen molar-refractivity contribution in [2.24, 2.45) is 0 Å². The van der Waals surface area contributed by atoms with Crippen molar-refractivity contribution in [1.29, 1.82) is 0 Å². The lowest BCUT2D eigenvalue weighted by Gasteiger charge is -2.37. The Labute approximate surface area is 197 Å². The Bertz CT molecular complexity index is 890. The second-order valence-corrected chi connectivity index (χ2v) is 10.1. The number of benzene rings is 2. The average molecular weight is 452 g/mol. The van der Waals surface area contributed by atoms with Crippen molar-refractivity contribution in [2.45, 2.75) is 68.1 Å². The van der Waals surface area contributed by atoms with Gasteiger partial charge < -0.3 is 15.5 Å². The Balaban J connectivity index is 1.58. The van der Waals surface area contributed by atoms with Gasteiger partial charge in [0, 0.05) is 36.1 Å². The Morgan fingerprint density at radius 3 is 2.53 bits per heavy atom. The van der Waals surface area contributed by atoms with Crippen LogP contribution < -0.4 is 10.6 Å². The van der Waals surface area contributed by atoms with Gasteiger partial charge in [-0.05, 0) is 42.6 Å². The lowest BCUT2D eigenvalue weighted by atomic mass is 9.86. The van der Waals surface area contributed by atoms with Crippen LogP contribution in [-0.4, -0.2) is 42.2 Å². The van der Waals surface area contributed by atoms with Gasteiger partial charge in [0.15, 0.2) is 0 Å². The molecule has 0 fully saturated rings. The van der Waals surface area contributed by atoms with Gasteiger partial charge in [-0.3, -0.25) is 4.79 Å². The standard InChI is InChI=1S/C27H37N3OS/c1-3-5-6-11-18-30(19-17-28-16-4-2)27(31)26-24-20-12-7-9-14-22(20)29-25(24)21-13-8-10-15-23(21)32-26/h7-10,12-15,24-26,28-29H,3-6,11,16-19H2,1-2H3. The number of unbranched alkanes of at least 4 members (excludes halogenated alkanes) is 3. The predicted molar refractivity (Wildman–Crippen MR) is 136 cm³/mol. The Morgan fingerprint density at radius 1 is 0.938 bits per heavy atom. The molecule has 0 aromatic heterocycles. The van der Waals surface area contributed by atoms with Gasteiger partial charge in [-0.2, -0.15) is 0 Å². The molecule has 3 atom stereocenters. The number of amides is 1. The normalized spacial score (nSPS) is 20.8. The zero-order chi connectivity index (χ0) is 22.3. The van der Waals surface area contributed by atoms with Crippen LogP contribution in [-0.2, 0) is 4.79 Å². The Kier molecular flexibility index (Phi) is 8.15. The Morgan fingerprint density at radius 2 is 1.72 bits per heavy atom. The fraction of sp³-hybridized carbons (Fsp3) is 0.519. The van der Waals surface area contributed by atoms with E-state index in [1.54, 1.807) is 11.8 Å². The number of fused-ring (bicyclic) bond motifs is 5. The number of para-hydroxylation sites is 1. The van der Waals surface area contributed by atoms with Gasteiger partial charge in [-0.1, -0.05) is 69.5 Å². The van der Waals surface area contributed by atoms with Gasteiger partial charge in [0.2, 0.25) is 5.91 Å². The van der Waals surface area contributed by atoms with Gasteiger partial charge >= 0.3 is 0 Å². The monoisotopic (exact) mass is 451 g/mol. The number of rotatable bonds is 11. The Hall–Kier alpha value is -1.98. The van der Waals surface area contributed by atoms with E-state index < -0.39 is 0 Å². The number of carbonyl (C=O) groups is 1. The van der Waals surface area contributed by atoms with Crippen molar-refractivity contribution in [3.8, 4) is 0 Å². The van der Waals surface area contributed by atoms with Crippen molar-refractivity contribution in [3.05, 3.63) is 59.7 Å². The van der Waals surface area contributed by atoms with Crippen LogP contribution in [0.25, 0.3) is 0 Å². The molecule has 1 amide bonds. The summed E-state index contributed by atoms with van der Waals surface area (Å²) in [5.41, 5.74) is 3.78. The summed E-state index contributed by atoms with van der Waals surface area (Å²) in [5, 5.41) is 7.14. The molecule has 4 rings (SSSR count). The number of anilines is 1. The number of thioether (sulfide) groups is 1. The zero-order valence-electron chi connectivity index (χ0n) is 19.5. The number of carbonyl (C=O) groups excluding carboxylic acids is 1. The van der Waals surface area contributed by atoms with Crippen molar-refractivity contribution < 1.29 is 4.79 Å². The average Bonchev–Trinajstić information content (AvgIpc) is 3.22. The fourth-order valence-corrected chi connectivity index (χ4v) is 6.44. The van der Waals surface area contributed by atoms with E-state index in [9.17, 15) is 4.79 Å². The first-order chi connectivity index (χ1) is 15.7. The smallest absolute Gasteiger partial charge is 0.236 e. The molecule has 32 heavy (non-hydrogen) atoms. The minimum absolute atomic E-state index is 0.0941. The lowest BCUT2D eigenvalue weighted by molar-refractivity contribution is -0.131. The number of nitrogens with one attached hydrogen (secondary N) is 2. The van der Waals surface area contributed by atoms with E-state index in [-0.39, 0.29) is 17.2 Å². The van der Waals surface area contributed by atoms with Crippen LogP contribution in [0.5, 0.6) is 0 Å². The molecule has 0 radical (unpaired) electrons. The van der Waals surface area contributed by atoms with Crippen LogP contribution in [0.4, 0.5) is 5.69 Å². The molecular formula is C27H37N3OS. The number of nitrogens with zero attached hydrogens (tertiary/aromatic N) is 1. The van der Waals surface area contributed by atoms with E-state index in [0.717, 1.165) is 39.0 Å². The van der Waals surface area contributed by atoms with Crippen LogP contribution in [0.15, 0.2) is 53.4 Å². The van der Waals surface area contributed by atoms with E-state index in [0.29, 0.717) is 5.91 Å². The largest absolute Gasteiger partial charge is 0.377 e. The number of hydrogen-bond donors (Lipinski definition) is 2. The third-order valence-corrected chi connectivity index (χ3v) is 8.02. The first-order valence-corrected chi connectivity index (χ1v) is 13.2. The fourth-order valence-electron chi connectivity index (χ4n) is 4.98. The summed E-state index contributed by atoms with van der Waals surface area (Å²) in [7, 11) is 0. The van der Waals surface area contributed by atoms with Crippen LogP contribution in [0.3, 0.4) is 0 Å². The second kappa shape index (κ2) is 11.2. The second-order valence-electron chi connectivity index (χ2n) is 8.95. The highest BCUT2D eigenvalue weighted by molar-refractivity contribution is 8.00. The minimum atomic E-state index is -0.0941. The van der Waals surface area contributed by atoms with Crippen LogP contribution >= 0.6 is 11.8 Å². The van der Waals surface area contributed by atoms with Crippen molar-refractivity contribution in [2.75, 3.05) is 31.5 Å². The van der Waals surface area contributed by atoms with E-state index in [1.807, 2.05) is 0 Å². The molecule has 2 aliphatic rings. The number of hydrogen-bond acceptors (Lipinski definition) is 4. The zero-order valence-corrected chi connectivity index (χ0v) is 20.3. The highest BCUT2D eigenvalue weighted by Gasteiger charge is 2.47. The van der Waals surface area contributed by atoms with Gasteiger partial charge in [-0.15, -0.1) is 11.8 Å². The van der Waals surface area contributed by atoms with Gasteiger partial charge in [0.05, 0.1) is 11.3 Å². The molecule has 0 saturated carbocycles. The molecule has 0 spiro atoms. The third kappa shape index (κ3) is 4.99. The van der Waals surface area contributed by atoms with Crippen molar-refractivity contribution >= 4 is 23.4 Å². The summed E-state index contributed by atoms with van der Waals surface area (Å²) in [5.74, 6) is 0.466. The van der Waals surface area contributed by atoms with Gasteiger partial charge in [0.25, 0.3) is 0 Å². The molecule has 0 bridgehead atoms. The van der Waals surface area contributed by atoms with Gasteiger partial charge in [0.1, 0.15) is 0 Å². The molecule has 2 aliphatic heterocycles. The summed E-state index contributed by atoms with van der Waals surface area (Å²) in [6.07, 6.45) is 5.85. The van der Waals surface area contributed by atoms with Crippen LogP contribution in [0, 0.1) is 0 Å². The van der Waals surface area contributed by atoms with Crippen molar-refractivity contribution in [1.82, 2.24) is 10.2 Å². The summed E-state index contributed by atoms with van der Waals surface area (Å²) in [6, 6.07) is 17.3. The highest BCUT2D eigenvalue weighted by atomic mass is 32.2. The van der Waals surface area contributed by atoms with E-state index >= 15 is 0 Å². The molecule has 2 aromatic rings. The molecule has 2 heterocycles. The van der Waals surface area contributed by atoms with Crippen molar-refractivity contribution in [3.63, 3.8) is 0 Å². The molecule has 0 saturated heterocycles. The maximum absolute atomic E-state index is 14.0. The quantitative estimate of drug-likeness (QED) is 0.423. The van der Waals surface area contributed by atoms with Crippen LogP contribution in [0.1, 0.15) is 69.0 Å². The molecule has 4 nitrogen and oxygen atoms in total. The molecule has 2 N–H and O–H groups in total. The lowest BCUT2D eigenvalue weighted by Crippen LogP contribution is -2.45. The SMILES string of the molecule is CCCCCCN(CCNCCC)C(=O)C1Sc2ccccc2C2Nc3ccccc3C12. The predicted octanol–water partition coefficient (Wildman–Crippen LogP) is 5.82. The van der Waals surface area contributed by atoms with E-state index in [4.69, 9.17) is 0 Å². The molecule has 5 heteroatoms. The third-order valence-electron chi connectivity index (χ3n) is 6.65. The summed E-state index contributed by atoms with van der Waals surface area (Å²) in [4.78, 5) is 17.4. The molecular weight excluding hydrogens is 414 g/mol. The van der Waals surface area contributed by atoms with Crippen LogP contribution in [0.2, 0.25) is 0 Å². The molecule has 0 aliphatic carbocycles. The highest BCUT2D eigenvalue weighted by Crippen LogP contribution is 2.55. The van der Waals surface area contributed by atoms with E-state index in [2.05, 4.69) is 77.9 Å².